The molecule has 2 amide bonds. The average Bonchev–Trinajstić information content (AvgIpc) is 2.65. The SMILES string of the molecule is COCCCNS(=O)(=O)c1cccc(C(=O)N2CCN(C=O)CC2)c1. The fraction of sp³-hybridized carbons (Fsp3) is 0.500. The van der Waals surface area contributed by atoms with Crippen LogP contribution < -0.4 is 4.72 Å². The average molecular weight is 369 g/mol. The van der Waals surface area contributed by atoms with Crippen molar-refractivity contribution >= 4 is 22.3 Å². The van der Waals surface area contributed by atoms with Crippen molar-refractivity contribution in [1.82, 2.24) is 14.5 Å². The van der Waals surface area contributed by atoms with E-state index in [1.54, 1.807) is 29.0 Å². The fourth-order valence-electron chi connectivity index (χ4n) is 2.52. The molecule has 0 bridgehead atoms. The van der Waals surface area contributed by atoms with Crippen LogP contribution in [0.5, 0.6) is 0 Å². The number of benzene rings is 1. The van der Waals surface area contributed by atoms with Crippen LogP contribution in [0.15, 0.2) is 29.2 Å². The van der Waals surface area contributed by atoms with Crippen molar-refractivity contribution < 1.29 is 22.7 Å². The number of piperazine rings is 1. The molecule has 0 aliphatic carbocycles. The van der Waals surface area contributed by atoms with Crippen LogP contribution in [-0.4, -0.2) is 77.0 Å². The molecule has 0 aromatic heterocycles. The topological polar surface area (TPSA) is 96.0 Å². The third kappa shape index (κ3) is 5.25. The van der Waals surface area contributed by atoms with Gasteiger partial charge in [-0.15, -0.1) is 0 Å². The molecular weight excluding hydrogens is 346 g/mol. The second-order valence-corrected chi connectivity index (χ2v) is 7.47. The first-order chi connectivity index (χ1) is 12.0. The Balaban J connectivity index is 2.05. The first-order valence-electron chi connectivity index (χ1n) is 8.05. The first kappa shape index (κ1) is 19.4. The second kappa shape index (κ2) is 8.93. The summed E-state index contributed by atoms with van der Waals surface area (Å²) < 4.78 is 32.0. The van der Waals surface area contributed by atoms with E-state index in [0.717, 1.165) is 6.41 Å². The molecule has 1 heterocycles. The molecule has 9 heteroatoms. The van der Waals surface area contributed by atoms with E-state index in [9.17, 15) is 18.0 Å². The number of carbonyl (C=O) groups excluding carboxylic acids is 2. The van der Waals surface area contributed by atoms with Gasteiger partial charge in [-0.2, -0.15) is 0 Å². The number of hydrogen-bond donors (Lipinski definition) is 1. The molecule has 1 fully saturated rings. The zero-order chi connectivity index (χ0) is 18.3. The van der Waals surface area contributed by atoms with Crippen molar-refractivity contribution in [1.29, 1.82) is 0 Å². The Morgan fingerprint density at radius 3 is 2.64 bits per heavy atom. The number of hydrogen-bond acceptors (Lipinski definition) is 5. The minimum absolute atomic E-state index is 0.0577. The number of sulfonamides is 1. The number of methoxy groups -OCH3 is 1. The van der Waals surface area contributed by atoms with Gasteiger partial charge in [-0.3, -0.25) is 9.59 Å². The van der Waals surface area contributed by atoms with E-state index < -0.39 is 10.0 Å². The molecule has 1 aliphatic heterocycles. The summed E-state index contributed by atoms with van der Waals surface area (Å²) in [6.07, 6.45) is 1.33. The second-order valence-electron chi connectivity index (χ2n) is 5.71. The third-order valence-electron chi connectivity index (χ3n) is 3.96. The Morgan fingerprint density at radius 2 is 2.00 bits per heavy atom. The van der Waals surface area contributed by atoms with Gasteiger partial charge in [0, 0.05) is 52.0 Å². The van der Waals surface area contributed by atoms with E-state index in [1.807, 2.05) is 0 Å². The number of ether oxygens (including phenoxy) is 1. The highest BCUT2D eigenvalue weighted by Gasteiger charge is 2.23. The Kier molecular flexibility index (Phi) is 6.91. The van der Waals surface area contributed by atoms with Crippen molar-refractivity contribution in [3.05, 3.63) is 29.8 Å². The lowest BCUT2D eigenvalue weighted by atomic mass is 10.2. The predicted octanol–water partition coefficient (Wildman–Crippen LogP) is -0.0844. The molecule has 0 unspecified atom stereocenters. The highest BCUT2D eigenvalue weighted by molar-refractivity contribution is 7.89. The normalized spacial score (nSPS) is 15.2. The van der Waals surface area contributed by atoms with Gasteiger partial charge in [0.2, 0.25) is 16.4 Å². The van der Waals surface area contributed by atoms with Crippen LogP contribution in [0.3, 0.4) is 0 Å². The standard InChI is InChI=1S/C16H23N3O5S/c1-24-11-3-6-17-25(22,23)15-5-2-4-14(12-15)16(21)19-9-7-18(13-20)8-10-19/h2,4-5,12-13,17H,3,6-11H2,1H3. The smallest absolute Gasteiger partial charge is 0.254 e. The zero-order valence-corrected chi connectivity index (χ0v) is 15.0. The van der Waals surface area contributed by atoms with Crippen LogP contribution >= 0.6 is 0 Å². The van der Waals surface area contributed by atoms with Gasteiger partial charge in [0.15, 0.2) is 0 Å². The van der Waals surface area contributed by atoms with Crippen LogP contribution in [0.25, 0.3) is 0 Å². The Hall–Kier alpha value is -1.97. The summed E-state index contributed by atoms with van der Waals surface area (Å²) in [5.41, 5.74) is 0.319. The number of nitrogens with one attached hydrogen (secondary N) is 1. The van der Waals surface area contributed by atoms with Crippen molar-refractivity contribution in [2.24, 2.45) is 0 Å². The van der Waals surface area contributed by atoms with Crippen LogP contribution in [-0.2, 0) is 19.6 Å². The Labute approximate surface area is 147 Å². The van der Waals surface area contributed by atoms with Crippen molar-refractivity contribution in [3.63, 3.8) is 0 Å². The molecule has 2 rings (SSSR count). The molecule has 1 aromatic carbocycles. The summed E-state index contributed by atoms with van der Waals surface area (Å²) in [6.45, 7) is 2.56. The van der Waals surface area contributed by atoms with E-state index in [0.29, 0.717) is 44.8 Å². The maximum Gasteiger partial charge on any atom is 0.254 e. The van der Waals surface area contributed by atoms with Crippen molar-refractivity contribution in [3.8, 4) is 0 Å². The maximum atomic E-state index is 12.6. The van der Waals surface area contributed by atoms with E-state index in [1.165, 1.54) is 12.1 Å². The van der Waals surface area contributed by atoms with E-state index in [2.05, 4.69) is 4.72 Å². The molecule has 0 atom stereocenters. The van der Waals surface area contributed by atoms with Gasteiger partial charge in [-0.1, -0.05) is 6.07 Å². The minimum atomic E-state index is -3.67. The van der Waals surface area contributed by atoms with E-state index in [4.69, 9.17) is 4.74 Å². The molecule has 25 heavy (non-hydrogen) atoms. The quantitative estimate of drug-likeness (QED) is 0.511. The maximum absolute atomic E-state index is 12.6. The fourth-order valence-corrected chi connectivity index (χ4v) is 3.64. The molecule has 1 N–H and O–H groups in total. The molecule has 138 valence electrons. The van der Waals surface area contributed by atoms with Gasteiger partial charge in [-0.25, -0.2) is 13.1 Å². The molecule has 0 saturated carbocycles. The molecular formula is C16H23N3O5S. The molecule has 8 nitrogen and oxygen atoms in total. The highest BCUT2D eigenvalue weighted by atomic mass is 32.2. The summed E-state index contributed by atoms with van der Waals surface area (Å²) in [7, 11) is -2.12. The number of rotatable bonds is 8. The predicted molar refractivity (Wildman–Crippen MR) is 91.7 cm³/mol. The molecule has 0 radical (unpaired) electrons. The van der Waals surface area contributed by atoms with Crippen LogP contribution in [0.1, 0.15) is 16.8 Å². The van der Waals surface area contributed by atoms with Gasteiger partial charge >= 0.3 is 0 Å². The lowest BCUT2D eigenvalue weighted by molar-refractivity contribution is -0.119. The van der Waals surface area contributed by atoms with Crippen LogP contribution in [0.4, 0.5) is 0 Å². The lowest BCUT2D eigenvalue weighted by Crippen LogP contribution is -2.48. The van der Waals surface area contributed by atoms with E-state index in [-0.39, 0.29) is 17.3 Å². The summed E-state index contributed by atoms with van der Waals surface area (Å²) in [6, 6.07) is 5.99. The minimum Gasteiger partial charge on any atom is -0.385 e. The zero-order valence-electron chi connectivity index (χ0n) is 14.2. The lowest BCUT2D eigenvalue weighted by Gasteiger charge is -2.32. The van der Waals surface area contributed by atoms with E-state index >= 15 is 0 Å². The van der Waals surface area contributed by atoms with Gasteiger partial charge in [-0.05, 0) is 24.6 Å². The molecule has 1 saturated heterocycles. The molecule has 1 aliphatic rings. The van der Waals surface area contributed by atoms with Crippen molar-refractivity contribution in [2.75, 3.05) is 46.4 Å². The van der Waals surface area contributed by atoms with Crippen LogP contribution in [0.2, 0.25) is 0 Å². The largest absolute Gasteiger partial charge is 0.385 e. The van der Waals surface area contributed by atoms with Crippen molar-refractivity contribution in [2.45, 2.75) is 11.3 Å². The molecule has 0 spiro atoms. The van der Waals surface area contributed by atoms with Gasteiger partial charge in [0.05, 0.1) is 4.90 Å². The third-order valence-corrected chi connectivity index (χ3v) is 5.42. The Bertz CT molecular complexity index is 699. The summed E-state index contributed by atoms with van der Waals surface area (Å²) in [4.78, 5) is 26.6. The highest BCUT2D eigenvalue weighted by Crippen LogP contribution is 2.14. The number of nitrogens with zero attached hydrogens (tertiary/aromatic N) is 2. The molecule has 1 aromatic rings. The summed E-state index contributed by atoms with van der Waals surface area (Å²) in [5.74, 6) is -0.234. The van der Waals surface area contributed by atoms with Gasteiger partial charge < -0.3 is 14.5 Å². The Morgan fingerprint density at radius 1 is 1.28 bits per heavy atom. The summed E-state index contributed by atoms with van der Waals surface area (Å²) >= 11 is 0. The summed E-state index contributed by atoms with van der Waals surface area (Å²) in [5, 5.41) is 0. The van der Waals surface area contributed by atoms with Crippen LogP contribution in [0, 0.1) is 0 Å². The first-order valence-corrected chi connectivity index (χ1v) is 9.53. The number of carbonyl (C=O) groups is 2. The monoisotopic (exact) mass is 369 g/mol. The van der Waals surface area contributed by atoms with Gasteiger partial charge in [0.25, 0.3) is 5.91 Å². The van der Waals surface area contributed by atoms with Gasteiger partial charge in [0.1, 0.15) is 0 Å². The number of amides is 2.